The lowest BCUT2D eigenvalue weighted by molar-refractivity contribution is -0.220. The van der Waals surface area contributed by atoms with E-state index >= 15 is 0 Å². The number of Topliss-reactive ketones (excluding diaryl/α,β-unsaturated/α-hetero) is 1. The molecule has 1 N–H and O–H groups in total. The number of hydrogen-bond donors (Lipinski definition) is 1. The topological polar surface area (TPSA) is 91.3 Å². The zero-order chi connectivity index (χ0) is 27.7. The molecule has 4 atom stereocenters. The standard InChI is InChI=1S/C33H32O7/c1-37-29(35)14-8-13-24-17-23-20-33(39-24,16-15-21-9-4-2-5-10-21)40-28-19-27-31(32(36)30(23)28)25(34)18-26(38-27)22-11-6-3-7-12-22/h2-7,9-12,15-16,19,23-24,26,36H,8,13-14,17-18,20H2,1H3/b16-15+/t23-,24+,26-,33-/m0/s1. The molecule has 0 saturated carbocycles. The van der Waals surface area contributed by atoms with Gasteiger partial charge in [0.1, 0.15) is 28.9 Å². The lowest BCUT2D eigenvalue weighted by atomic mass is 9.78. The molecule has 7 nitrogen and oxygen atoms in total. The molecule has 2 bridgehead atoms. The Hall–Kier alpha value is -4.10. The monoisotopic (exact) mass is 540 g/mol. The maximum absolute atomic E-state index is 13.3. The Bertz CT molecular complexity index is 1430. The van der Waals surface area contributed by atoms with E-state index in [0.717, 1.165) is 11.1 Å². The van der Waals surface area contributed by atoms with Crippen molar-refractivity contribution in [1.82, 2.24) is 0 Å². The summed E-state index contributed by atoms with van der Waals surface area (Å²) in [4.78, 5) is 25.0. The third-order valence-corrected chi connectivity index (χ3v) is 7.96. The smallest absolute Gasteiger partial charge is 0.305 e. The molecule has 0 radical (unpaired) electrons. The van der Waals surface area contributed by atoms with Crippen molar-refractivity contribution in [3.63, 3.8) is 0 Å². The fourth-order valence-corrected chi connectivity index (χ4v) is 6.07. The summed E-state index contributed by atoms with van der Waals surface area (Å²) in [5.41, 5.74) is 2.75. The Morgan fingerprint density at radius 2 is 1.85 bits per heavy atom. The zero-order valence-corrected chi connectivity index (χ0v) is 22.4. The van der Waals surface area contributed by atoms with E-state index < -0.39 is 11.9 Å². The van der Waals surface area contributed by atoms with E-state index in [4.69, 9.17) is 18.9 Å². The van der Waals surface area contributed by atoms with Crippen LogP contribution in [0.3, 0.4) is 0 Å². The summed E-state index contributed by atoms with van der Waals surface area (Å²) in [6.45, 7) is 0. The van der Waals surface area contributed by atoms with Gasteiger partial charge in [0.25, 0.3) is 0 Å². The number of phenolic OH excluding ortho intramolecular Hbond substituents is 1. The van der Waals surface area contributed by atoms with Crippen LogP contribution in [0.15, 0.2) is 72.8 Å². The first-order chi connectivity index (χ1) is 19.4. The largest absolute Gasteiger partial charge is 0.507 e. The molecular formula is C33H32O7. The summed E-state index contributed by atoms with van der Waals surface area (Å²) in [5.74, 6) is -0.876. The van der Waals surface area contributed by atoms with Gasteiger partial charge in [0, 0.05) is 30.4 Å². The Morgan fingerprint density at radius 1 is 1.10 bits per heavy atom. The van der Waals surface area contributed by atoms with Crippen molar-refractivity contribution >= 4 is 17.8 Å². The van der Waals surface area contributed by atoms with Gasteiger partial charge in [-0.05, 0) is 36.5 Å². The van der Waals surface area contributed by atoms with Gasteiger partial charge in [0.15, 0.2) is 5.78 Å². The molecule has 1 fully saturated rings. The molecule has 3 aliphatic heterocycles. The van der Waals surface area contributed by atoms with Crippen molar-refractivity contribution in [3.05, 3.63) is 95.1 Å². The molecule has 0 aliphatic carbocycles. The summed E-state index contributed by atoms with van der Waals surface area (Å²) < 4.78 is 24.2. The molecule has 40 heavy (non-hydrogen) atoms. The molecule has 1 saturated heterocycles. The Morgan fingerprint density at radius 3 is 2.60 bits per heavy atom. The van der Waals surface area contributed by atoms with Crippen LogP contribution in [0.4, 0.5) is 0 Å². The number of phenols is 1. The molecule has 6 rings (SSSR count). The predicted octanol–water partition coefficient (Wildman–Crippen LogP) is 6.51. The van der Waals surface area contributed by atoms with Crippen molar-refractivity contribution in [3.8, 4) is 17.2 Å². The second kappa shape index (κ2) is 10.8. The molecule has 3 heterocycles. The minimum atomic E-state index is -1.07. The number of benzene rings is 3. The normalized spacial score (nSPS) is 24.9. The number of carbonyl (C=O) groups is 2. The lowest BCUT2D eigenvalue weighted by Gasteiger charge is -2.47. The molecular weight excluding hydrogens is 508 g/mol. The molecule has 0 aromatic heterocycles. The first kappa shape index (κ1) is 26.1. The highest BCUT2D eigenvalue weighted by molar-refractivity contribution is 6.03. The summed E-state index contributed by atoms with van der Waals surface area (Å²) in [6.07, 6.45) is 6.08. The van der Waals surface area contributed by atoms with Gasteiger partial charge in [-0.25, -0.2) is 0 Å². The Kier molecular flexibility index (Phi) is 7.07. The predicted molar refractivity (Wildman–Crippen MR) is 148 cm³/mol. The quantitative estimate of drug-likeness (QED) is 0.342. The van der Waals surface area contributed by atoms with Gasteiger partial charge >= 0.3 is 5.97 Å². The molecule has 3 aromatic rings. The Balaban J connectivity index is 1.35. The summed E-state index contributed by atoms with van der Waals surface area (Å²) >= 11 is 0. The van der Waals surface area contributed by atoms with Crippen LogP contribution in [0.25, 0.3) is 6.08 Å². The third kappa shape index (κ3) is 5.09. The van der Waals surface area contributed by atoms with Crippen LogP contribution in [-0.2, 0) is 14.3 Å². The van der Waals surface area contributed by atoms with Crippen LogP contribution in [0.5, 0.6) is 17.2 Å². The minimum Gasteiger partial charge on any atom is -0.507 e. The lowest BCUT2D eigenvalue weighted by Crippen LogP contribution is -2.49. The van der Waals surface area contributed by atoms with E-state index in [1.807, 2.05) is 72.8 Å². The van der Waals surface area contributed by atoms with Gasteiger partial charge in [-0.15, -0.1) is 0 Å². The van der Waals surface area contributed by atoms with Crippen molar-refractivity contribution in [1.29, 1.82) is 0 Å². The Labute approximate surface area is 233 Å². The van der Waals surface area contributed by atoms with Gasteiger partial charge in [0.2, 0.25) is 5.79 Å². The van der Waals surface area contributed by atoms with Gasteiger partial charge in [-0.2, -0.15) is 0 Å². The number of ketones is 1. The molecule has 0 spiro atoms. The van der Waals surface area contributed by atoms with Crippen LogP contribution in [-0.4, -0.2) is 35.9 Å². The van der Waals surface area contributed by atoms with E-state index in [-0.39, 0.29) is 41.5 Å². The van der Waals surface area contributed by atoms with Crippen molar-refractivity contribution < 1.29 is 33.6 Å². The maximum Gasteiger partial charge on any atom is 0.305 e. The molecule has 3 aromatic carbocycles. The number of aromatic hydroxyl groups is 1. The first-order valence-corrected chi connectivity index (χ1v) is 13.8. The highest BCUT2D eigenvalue weighted by Gasteiger charge is 2.49. The average molecular weight is 541 g/mol. The summed E-state index contributed by atoms with van der Waals surface area (Å²) in [6, 6.07) is 21.2. The van der Waals surface area contributed by atoms with E-state index in [9.17, 15) is 14.7 Å². The molecule has 3 aliphatic rings. The summed E-state index contributed by atoms with van der Waals surface area (Å²) in [7, 11) is 1.38. The number of rotatable bonds is 7. The second-order valence-corrected chi connectivity index (χ2v) is 10.7. The number of hydrogen-bond acceptors (Lipinski definition) is 7. The molecule has 206 valence electrons. The van der Waals surface area contributed by atoms with E-state index in [1.54, 1.807) is 6.07 Å². The number of methoxy groups -OCH3 is 1. The van der Waals surface area contributed by atoms with Crippen molar-refractivity contribution in [2.45, 2.75) is 62.4 Å². The van der Waals surface area contributed by atoms with Crippen LogP contribution in [0.1, 0.15) is 77.6 Å². The van der Waals surface area contributed by atoms with Crippen molar-refractivity contribution in [2.75, 3.05) is 7.11 Å². The molecule has 0 unspecified atom stereocenters. The maximum atomic E-state index is 13.3. The number of ether oxygens (including phenoxy) is 4. The van der Waals surface area contributed by atoms with Gasteiger partial charge in [-0.3, -0.25) is 9.59 Å². The van der Waals surface area contributed by atoms with E-state index in [2.05, 4.69) is 0 Å². The highest BCUT2D eigenvalue weighted by atomic mass is 16.7. The van der Waals surface area contributed by atoms with Crippen LogP contribution in [0, 0.1) is 0 Å². The molecule has 7 heteroatoms. The van der Waals surface area contributed by atoms with Crippen LogP contribution in [0.2, 0.25) is 0 Å². The van der Waals surface area contributed by atoms with Gasteiger partial charge in [0.05, 0.1) is 19.6 Å². The third-order valence-electron chi connectivity index (χ3n) is 7.96. The average Bonchev–Trinajstić information content (AvgIpc) is 2.96. The number of carbonyl (C=O) groups excluding carboxylic acids is 2. The fourth-order valence-electron chi connectivity index (χ4n) is 6.07. The van der Waals surface area contributed by atoms with E-state index in [0.29, 0.717) is 49.2 Å². The van der Waals surface area contributed by atoms with Crippen LogP contribution >= 0.6 is 0 Å². The summed E-state index contributed by atoms with van der Waals surface area (Å²) in [5, 5.41) is 11.5. The fraction of sp³-hybridized carbons (Fsp3) is 0.333. The molecule has 0 amide bonds. The van der Waals surface area contributed by atoms with Gasteiger partial charge < -0.3 is 24.1 Å². The number of esters is 1. The number of fused-ring (bicyclic) bond motifs is 5. The second-order valence-electron chi connectivity index (χ2n) is 10.7. The highest BCUT2D eigenvalue weighted by Crippen LogP contribution is 2.56. The first-order valence-electron chi connectivity index (χ1n) is 13.8. The minimum absolute atomic E-state index is 0.0649. The van der Waals surface area contributed by atoms with Crippen LogP contribution < -0.4 is 9.47 Å². The zero-order valence-electron chi connectivity index (χ0n) is 22.4. The van der Waals surface area contributed by atoms with Gasteiger partial charge in [-0.1, -0.05) is 66.7 Å². The SMILES string of the molecule is COC(=O)CCC[C@@H]1C[C@H]2C[C@](/C=C/c3ccccc3)(Oc3cc4c(c(O)c32)C(=O)C[C@@H](c2ccccc2)O4)O1. The van der Waals surface area contributed by atoms with Crippen molar-refractivity contribution in [2.24, 2.45) is 0 Å². The van der Waals surface area contributed by atoms with E-state index in [1.165, 1.54) is 7.11 Å².